The number of amides is 1. The van der Waals surface area contributed by atoms with Crippen LogP contribution < -0.4 is 10.6 Å². The van der Waals surface area contributed by atoms with E-state index in [1.807, 2.05) is 57.2 Å². The number of aromatic nitrogens is 1. The number of aryl methyl sites for hydroxylation is 2. The van der Waals surface area contributed by atoms with Crippen LogP contribution in [0.4, 0.5) is 5.82 Å². The number of hydrogen-bond acceptors (Lipinski definition) is 5. The van der Waals surface area contributed by atoms with Crippen LogP contribution in [0.15, 0.2) is 82.6 Å². The first-order chi connectivity index (χ1) is 16.4. The number of dihydropyridines is 1. The molecule has 1 aliphatic heterocycles. The van der Waals surface area contributed by atoms with Gasteiger partial charge in [0.1, 0.15) is 5.82 Å². The zero-order valence-electron chi connectivity index (χ0n) is 19.5. The highest BCUT2D eigenvalue weighted by Crippen LogP contribution is 2.46. The number of carbonyl (C=O) groups is 2. The number of thiophene rings is 1. The lowest BCUT2D eigenvalue weighted by molar-refractivity contribution is -0.116. The molecule has 2 N–H and O–H groups in total. The SMILES string of the molecule is CC1=C(C(=O)Nc2ccc(C)cn2)C(c2ccccc2C)C2=C(CC(c3cccs3)CC2=O)N1. The average Bonchev–Trinajstić information content (AvgIpc) is 3.35. The van der Waals surface area contributed by atoms with Gasteiger partial charge < -0.3 is 10.6 Å². The van der Waals surface area contributed by atoms with Gasteiger partial charge in [-0.2, -0.15) is 0 Å². The molecule has 2 atom stereocenters. The maximum absolute atomic E-state index is 13.6. The number of pyridine rings is 1. The number of carbonyl (C=O) groups excluding carboxylic acids is 2. The Morgan fingerprint density at radius 2 is 1.88 bits per heavy atom. The Morgan fingerprint density at radius 1 is 1.06 bits per heavy atom. The van der Waals surface area contributed by atoms with Crippen molar-refractivity contribution in [3.63, 3.8) is 0 Å². The minimum Gasteiger partial charge on any atom is -0.362 e. The van der Waals surface area contributed by atoms with E-state index in [2.05, 4.69) is 27.1 Å². The summed E-state index contributed by atoms with van der Waals surface area (Å²) in [4.78, 5) is 32.8. The summed E-state index contributed by atoms with van der Waals surface area (Å²) in [7, 11) is 0. The molecule has 1 aromatic carbocycles. The van der Waals surface area contributed by atoms with E-state index in [9.17, 15) is 9.59 Å². The van der Waals surface area contributed by atoms with Crippen molar-refractivity contribution in [3.05, 3.63) is 104 Å². The highest BCUT2D eigenvalue weighted by Gasteiger charge is 2.41. The number of rotatable bonds is 4. The van der Waals surface area contributed by atoms with Crippen LogP contribution in [0.1, 0.15) is 53.2 Å². The van der Waals surface area contributed by atoms with E-state index in [0.717, 1.165) is 40.1 Å². The molecule has 3 heterocycles. The van der Waals surface area contributed by atoms with Crippen molar-refractivity contribution in [3.8, 4) is 0 Å². The van der Waals surface area contributed by atoms with Crippen molar-refractivity contribution in [2.75, 3.05) is 5.32 Å². The fraction of sp³-hybridized carbons (Fsp3) is 0.250. The monoisotopic (exact) mass is 469 g/mol. The third-order valence-corrected chi connectivity index (χ3v) is 7.70. The second-order valence-electron chi connectivity index (χ2n) is 9.06. The minimum atomic E-state index is -0.417. The maximum atomic E-state index is 13.6. The van der Waals surface area contributed by atoms with Crippen LogP contribution in [-0.2, 0) is 9.59 Å². The van der Waals surface area contributed by atoms with E-state index >= 15 is 0 Å². The summed E-state index contributed by atoms with van der Waals surface area (Å²) in [5, 5.41) is 8.45. The van der Waals surface area contributed by atoms with Crippen LogP contribution in [0.5, 0.6) is 0 Å². The van der Waals surface area contributed by atoms with Gasteiger partial charge >= 0.3 is 0 Å². The minimum absolute atomic E-state index is 0.103. The smallest absolute Gasteiger partial charge is 0.255 e. The molecule has 5 rings (SSSR count). The van der Waals surface area contributed by atoms with Gasteiger partial charge in [0.15, 0.2) is 5.78 Å². The number of nitrogens with zero attached hydrogens (tertiary/aromatic N) is 1. The molecule has 3 aromatic rings. The molecular weight excluding hydrogens is 442 g/mol. The average molecular weight is 470 g/mol. The molecule has 0 bridgehead atoms. The summed E-state index contributed by atoms with van der Waals surface area (Å²) in [5.41, 5.74) is 6.06. The Morgan fingerprint density at radius 3 is 2.59 bits per heavy atom. The third kappa shape index (κ3) is 4.10. The largest absolute Gasteiger partial charge is 0.362 e. The standard InChI is InChI=1S/C28H27N3O2S/c1-16-10-11-24(29-15-16)31-28(33)25-18(3)30-21-13-19(23-9-6-12-34-23)14-22(32)27(21)26(25)20-8-5-4-7-17(20)2/h4-12,15,19,26,30H,13-14H2,1-3H3,(H,29,31,33). The number of anilines is 1. The number of nitrogens with one attached hydrogen (secondary N) is 2. The highest BCUT2D eigenvalue weighted by atomic mass is 32.1. The van der Waals surface area contributed by atoms with Crippen LogP contribution in [0.25, 0.3) is 0 Å². The third-order valence-electron chi connectivity index (χ3n) is 6.67. The predicted molar refractivity (Wildman–Crippen MR) is 136 cm³/mol. The maximum Gasteiger partial charge on any atom is 0.255 e. The van der Waals surface area contributed by atoms with E-state index in [-0.39, 0.29) is 17.6 Å². The highest BCUT2D eigenvalue weighted by molar-refractivity contribution is 7.10. The topological polar surface area (TPSA) is 71.1 Å². The summed E-state index contributed by atoms with van der Waals surface area (Å²) in [6, 6.07) is 15.9. The first-order valence-corrected chi connectivity index (χ1v) is 12.4. The molecule has 1 aliphatic carbocycles. The van der Waals surface area contributed by atoms with E-state index < -0.39 is 5.92 Å². The van der Waals surface area contributed by atoms with Gasteiger partial charge in [-0.25, -0.2) is 4.98 Å². The van der Waals surface area contributed by atoms with E-state index in [1.54, 1.807) is 23.6 Å². The van der Waals surface area contributed by atoms with Gasteiger partial charge in [0.2, 0.25) is 0 Å². The normalized spacial score (nSPS) is 20.1. The summed E-state index contributed by atoms with van der Waals surface area (Å²) < 4.78 is 0. The molecule has 6 heteroatoms. The van der Waals surface area contributed by atoms with Crippen LogP contribution in [0, 0.1) is 13.8 Å². The molecule has 0 saturated carbocycles. The van der Waals surface area contributed by atoms with Crippen LogP contribution >= 0.6 is 11.3 Å². The fourth-order valence-corrected chi connectivity index (χ4v) is 5.84. The molecule has 0 radical (unpaired) electrons. The molecule has 5 nitrogen and oxygen atoms in total. The van der Waals surface area contributed by atoms with Crippen molar-refractivity contribution in [1.82, 2.24) is 10.3 Å². The van der Waals surface area contributed by atoms with Gasteiger partial charge in [0.05, 0.1) is 0 Å². The van der Waals surface area contributed by atoms with Gasteiger partial charge in [0.25, 0.3) is 5.91 Å². The van der Waals surface area contributed by atoms with E-state index in [1.165, 1.54) is 4.88 Å². The lowest BCUT2D eigenvalue weighted by Gasteiger charge is -2.37. The molecule has 2 unspecified atom stereocenters. The van der Waals surface area contributed by atoms with E-state index in [0.29, 0.717) is 17.8 Å². The van der Waals surface area contributed by atoms with Crippen molar-refractivity contribution in [2.24, 2.45) is 0 Å². The number of Topliss-reactive ketones (excluding diaryl/α,β-unsaturated/α-hetero) is 1. The second kappa shape index (κ2) is 9.03. The number of ketones is 1. The Kier molecular flexibility index (Phi) is 5.92. The summed E-state index contributed by atoms with van der Waals surface area (Å²) in [5.74, 6) is 0.101. The number of allylic oxidation sites excluding steroid dienone is 3. The quantitative estimate of drug-likeness (QED) is 0.510. The van der Waals surface area contributed by atoms with Crippen LogP contribution in [-0.4, -0.2) is 16.7 Å². The second-order valence-corrected chi connectivity index (χ2v) is 10.0. The summed E-state index contributed by atoms with van der Waals surface area (Å²) in [6.45, 7) is 5.91. The summed E-state index contributed by atoms with van der Waals surface area (Å²) >= 11 is 1.69. The number of benzene rings is 1. The Hall–Kier alpha value is -3.51. The Balaban J connectivity index is 1.57. The van der Waals surface area contributed by atoms with Crippen molar-refractivity contribution in [2.45, 2.75) is 45.4 Å². The molecule has 2 aromatic heterocycles. The van der Waals surface area contributed by atoms with Crippen molar-refractivity contribution < 1.29 is 9.59 Å². The van der Waals surface area contributed by atoms with Crippen LogP contribution in [0.2, 0.25) is 0 Å². The van der Waals surface area contributed by atoms with Gasteiger partial charge in [-0.05, 0) is 61.4 Å². The molecule has 2 aliphatic rings. The Bertz CT molecular complexity index is 1320. The van der Waals surface area contributed by atoms with Gasteiger partial charge in [-0.3, -0.25) is 9.59 Å². The van der Waals surface area contributed by atoms with Crippen LogP contribution in [0.3, 0.4) is 0 Å². The van der Waals surface area contributed by atoms with Gasteiger partial charge in [0, 0.05) is 51.9 Å². The lowest BCUT2D eigenvalue weighted by atomic mass is 9.71. The van der Waals surface area contributed by atoms with Crippen molar-refractivity contribution in [1.29, 1.82) is 0 Å². The molecule has 34 heavy (non-hydrogen) atoms. The summed E-state index contributed by atoms with van der Waals surface area (Å²) in [6.07, 6.45) is 2.94. The lowest BCUT2D eigenvalue weighted by Crippen LogP contribution is -2.37. The molecule has 0 saturated heterocycles. The van der Waals surface area contributed by atoms with Gasteiger partial charge in [-0.1, -0.05) is 36.4 Å². The Labute approximate surface area is 203 Å². The van der Waals surface area contributed by atoms with Gasteiger partial charge in [-0.15, -0.1) is 11.3 Å². The molecular formula is C28H27N3O2S. The number of hydrogen-bond donors (Lipinski definition) is 2. The molecule has 1 amide bonds. The molecule has 172 valence electrons. The molecule has 0 fully saturated rings. The predicted octanol–water partition coefficient (Wildman–Crippen LogP) is 5.76. The molecule has 0 spiro atoms. The zero-order chi connectivity index (χ0) is 23.8. The first-order valence-electron chi connectivity index (χ1n) is 11.5. The fourth-order valence-electron chi connectivity index (χ4n) is 5.01. The first kappa shape index (κ1) is 22.3. The van der Waals surface area contributed by atoms with E-state index in [4.69, 9.17) is 0 Å². The zero-order valence-corrected chi connectivity index (χ0v) is 20.3. The van der Waals surface area contributed by atoms with Crippen molar-refractivity contribution >= 4 is 28.8 Å².